The topological polar surface area (TPSA) is 55.6 Å². The quantitative estimate of drug-likeness (QED) is 0.438. The number of aromatic nitrogens is 1. The summed E-state index contributed by atoms with van der Waals surface area (Å²) in [6.07, 6.45) is 5.99. The molecule has 3 aromatic rings. The third-order valence-corrected chi connectivity index (χ3v) is 4.59. The van der Waals surface area contributed by atoms with E-state index in [1.54, 1.807) is 41.8 Å². The van der Waals surface area contributed by atoms with Gasteiger partial charge in [-0.15, -0.1) is 0 Å². The van der Waals surface area contributed by atoms with Crippen molar-refractivity contribution in [2.45, 2.75) is 25.9 Å². The molecule has 1 aromatic carbocycles. The first-order valence-electron chi connectivity index (χ1n) is 8.89. The lowest BCUT2D eigenvalue weighted by Gasteiger charge is -2.22. The first-order chi connectivity index (χ1) is 13.6. The van der Waals surface area contributed by atoms with Crippen molar-refractivity contribution in [2.75, 3.05) is 6.61 Å². The molecule has 0 aliphatic rings. The molecule has 28 heavy (non-hydrogen) atoms. The van der Waals surface area contributed by atoms with Crippen LogP contribution in [0.4, 0.5) is 0 Å². The lowest BCUT2D eigenvalue weighted by Crippen LogP contribution is -2.30. The predicted molar refractivity (Wildman–Crippen MR) is 108 cm³/mol. The Morgan fingerprint density at radius 2 is 2.04 bits per heavy atom. The van der Waals surface area contributed by atoms with Crippen LogP contribution in [0.2, 0.25) is 10.0 Å². The number of hydrogen-bond acceptors (Lipinski definition) is 4. The van der Waals surface area contributed by atoms with Crippen LogP contribution in [0.3, 0.4) is 0 Å². The molecule has 5 nitrogen and oxygen atoms in total. The highest BCUT2D eigenvalue weighted by Gasteiger charge is 2.16. The lowest BCUT2D eigenvalue weighted by atomic mass is 10.2. The van der Waals surface area contributed by atoms with Crippen molar-refractivity contribution in [3.05, 3.63) is 82.5 Å². The second-order valence-electron chi connectivity index (χ2n) is 6.22. The largest absolute Gasteiger partial charge is 0.492 e. The number of halogens is 2. The lowest BCUT2D eigenvalue weighted by molar-refractivity contribution is -0.133. The summed E-state index contributed by atoms with van der Waals surface area (Å²) in [4.78, 5) is 18.6. The molecule has 0 unspecified atom stereocenters. The SMILES string of the molecule is O=C(CCCOc1ccc(Cl)cc1Cl)N(Cc1cccnc1)Cc1ccco1. The van der Waals surface area contributed by atoms with E-state index < -0.39 is 0 Å². The maximum atomic E-state index is 12.8. The summed E-state index contributed by atoms with van der Waals surface area (Å²) < 4.78 is 11.1. The number of hydrogen-bond donors (Lipinski definition) is 0. The molecule has 0 saturated carbocycles. The molecule has 0 atom stereocenters. The van der Waals surface area contributed by atoms with Gasteiger partial charge in [0.05, 0.1) is 24.4 Å². The van der Waals surface area contributed by atoms with Crippen LogP contribution in [0.5, 0.6) is 5.75 Å². The molecule has 3 rings (SSSR count). The Kier molecular flexibility index (Phi) is 7.34. The second-order valence-corrected chi connectivity index (χ2v) is 7.06. The number of amides is 1. The Hall–Kier alpha value is -2.50. The van der Waals surface area contributed by atoms with Gasteiger partial charge in [-0.05, 0) is 48.4 Å². The molecule has 7 heteroatoms. The number of nitrogens with zero attached hydrogens (tertiary/aromatic N) is 2. The molecule has 0 aliphatic heterocycles. The molecule has 2 heterocycles. The van der Waals surface area contributed by atoms with Crippen molar-refractivity contribution in [1.82, 2.24) is 9.88 Å². The van der Waals surface area contributed by atoms with Crippen LogP contribution in [0.15, 0.2) is 65.5 Å². The third-order valence-electron chi connectivity index (χ3n) is 4.06. The first-order valence-corrected chi connectivity index (χ1v) is 9.64. The summed E-state index contributed by atoms with van der Waals surface area (Å²) in [5.41, 5.74) is 0.964. The molecular weight excluding hydrogens is 399 g/mol. The Balaban J connectivity index is 1.54. The summed E-state index contributed by atoms with van der Waals surface area (Å²) in [5, 5.41) is 1.01. The van der Waals surface area contributed by atoms with E-state index in [1.165, 1.54) is 0 Å². The van der Waals surface area contributed by atoms with Gasteiger partial charge in [0.1, 0.15) is 11.5 Å². The average Bonchev–Trinajstić information content (AvgIpc) is 3.20. The van der Waals surface area contributed by atoms with Crippen molar-refractivity contribution in [3.63, 3.8) is 0 Å². The third kappa shape index (κ3) is 6.01. The Morgan fingerprint density at radius 3 is 2.75 bits per heavy atom. The number of ether oxygens (including phenoxy) is 1. The van der Waals surface area contributed by atoms with Crippen molar-refractivity contribution in [1.29, 1.82) is 0 Å². The molecule has 0 bridgehead atoms. The van der Waals surface area contributed by atoms with Crippen LogP contribution in [-0.4, -0.2) is 22.4 Å². The smallest absolute Gasteiger partial charge is 0.223 e. The first kappa shape index (κ1) is 20.2. The van der Waals surface area contributed by atoms with Crippen molar-refractivity contribution >= 4 is 29.1 Å². The monoisotopic (exact) mass is 418 g/mol. The van der Waals surface area contributed by atoms with Crippen molar-refractivity contribution < 1.29 is 13.9 Å². The van der Waals surface area contributed by atoms with Crippen LogP contribution < -0.4 is 4.74 Å². The van der Waals surface area contributed by atoms with Crippen LogP contribution in [-0.2, 0) is 17.9 Å². The van der Waals surface area contributed by atoms with Crippen molar-refractivity contribution in [2.24, 2.45) is 0 Å². The van der Waals surface area contributed by atoms with Gasteiger partial charge in [0, 0.05) is 30.4 Å². The Bertz CT molecular complexity index is 886. The second kappa shape index (κ2) is 10.2. The minimum Gasteiger partial charge on any atom is -0.492 e. The van der Waals surface area contributed by atoms with Gasteiger partial charge in [-0.2, -0.15) is 0 Å². The molecule has 0 saturated heterocycles. The number of rotatable bonds is 9. The number of furan rings is 1. The highest BCUT2D eigenvalue weighted by Crippen LogP contribution is 2.27. The van der Waals surface area contributed by atoms with Gasteiger partial charge >= 0.3 is 0 Å². The van der Waals surface area contributed by atoms with E-state index in [2.05, 4.69) is 4.98 Å². The van der Waals surface area contributed by atoms with Gasteiger partial charge in [0.25, 0.3) is 0 Å². The summed E-state index contributed by atoms with van der Waals surface area (Å²) in [6.45, 7) is 1.26. The Labute approximate surface area is 173 Å². The highest BCUT2D eigenvalue weighted by atomic mass is 35.5. The van der Waals surface area contributed by atoms with E-state index >= 15 is 0 Å². The summed E-state index contributed by atoms with van der Waals surface area (Å²) >= 11 is 12.0. The zero-order valence-electron chi connectivity index (χ0n) is 15.2. The predicted octanol–water partition coefficient (Wildman–Crippen LogP) is 5.37. The highest BCUT2D eigenvalue weighted by molar-refractivity contribution is 6.35. The summed E-state index contributed by atoms with van der Waals surface area (Å²) in [6, 6.07) is 12.5. The van der Waals surface area contributed by atoms with Gasteiger partial charge in [-0.3, -0.25) is 9.78 Å². The number of carbonyl (C=O) groups excluding carboxylic acids is 1. The minimum atomic E-state index is 0.0195. The van der Waals surface area contributed by atoms with Gasteiger partial charge in [0.2, 0.25) is 5.91 Å². The minimum absolute atomic E-state index is 0.0195. The molecule has 0 radical (unpaired) electrons. The molecule has 0 aliphatic carbocycles. The number of pyridine rings is 1. The van der Waals surface area contributed by atoms with Crippen LogP contribution >= 0.6 is 23.2 Å². The van der Waals surface area contributed by atoms with E-state index in [0.717, 1.165) is 11.3 Å². The maximum Gasteiger partial charge on any atom is 0.223 e. The van der Waals surface area contributed by atoms with E-state index in [0.29, 0.717) is 48.3 Å². The van der Waals surface area contributed by atoms with Crippen molar-refractivity contribution in [3.8, 4) is 5.75 Å². The summed E-state index contributed by atoms with van der Waals surface area (Å²) in [5.74, 6) is 1.31. The van der Waals surface area contributed by atoms with Crippen LogP contribution in [0.25, 0.3) is 0 Å². The van der Waals surface area contributed by atoms with Crippen LogP contribution in [0.1, 0.15) is 24.2 Å². The number of benzene rings is 1. The van der Waals surface area contributed by atoms with E-state index in [4.69, 9.17) is 32.4 Å². The van der Waals surface area contributed by atoms with Gasteiger partial charge in [-0.25, -0.2) is 0 Å². The standard InChI is InChI=1S/C21H20Cl2N2O3/c22-17-7-8-20(19(23)12-17)28-11-3-6-21(26)25(15-18-5-2-10-27-18)14-16-4-1-9-24-13-16/h1-2,4-5,7-10,12-13H,3,6,11,14-15H2. The average molecular weight is 419 g/mol. The van der Waals surface area contributed by atoms with E-state index in [9.17, 15) is 4.79 Å². The van der Waals surface area contributed by atoms with E-state index in [-0.39, 0.29) is 5.91 Å². The molecule has 0 fully saturated rings. The maximum absolute atomic E-state index is 12.8. The Morgan fingerprint density at radius 1 is 1.14 bits per heavy atom. The normalized spacial score (nSPS) is 10.6. The fourth-order valence-electron chi connectivity index (χ4n) is 2.69. The molecule has 146 valence electrons. The van der Waals surface area contributed by atoms with Gasteiger partial charge < -0.3 is 14.1 Å². The van der Waals surface area contributed by atoms with Gasteiger partial charge in [0.15, 0.2) is 0 Å². The fraction of sp³-hybridized carbons (Fsp3) is 0.238. The molecule has 0 spiro atoms. The molecule has 1 amide bonds. The molecule has 2 aromatic heterocycles. The van der Waals surface area contributed by atoms with Crippen LogP contribution in [0, 0.1) is 0 Å². The zero-order valence-corrected chi connectivity index (χ0v) is 16.7. The summed E-state index contributed by atoms with van der Waals surface area (Å²) in [7, 11) is 0. The fourth-order valence-corrected chi connectivity index (χ4v) is 3.15. The van der Waals surface area contributed by atoms with Gasteiger partial charge in [-0.1, -0.05) is 29.3 Å². The molecule has 0 N–H and O–H groups in total. The van der Waals surface area contributed by atoms with E-state index in [1.807, 2.05) is 24.3 Å². The molecular formula is C21H20Cl2N2O3. The number of carbonyl (C=O) groups is 1. The zero-order chi connectivity index (χ0) is 19.8.